The normalized spacial score (nSPS) is 12.2. The lowest BCUT2D eigenvalue weighted by molar-refractivity contribution is 0.0946. The first kappa shape index (κ1) is 15.6. The number of hydrogen-bond acceptors (Lipinski definition) is 2. The average molecular weight is 330 g/mol. The maximum Gasteiger partial charge on any atom is 0.251 e. The van der Waals surface area contributed by atoms with Gasteiger partial charge in [0.25, 0.3) is 5.91 Å². The molecular weight excluding hydrogens is 310 g/mol. The minimum Gasteiger partial charge on any atom is -0.352 e. The van der Waals surface area contributed by atoms with E-state index in [1.807, 2.05) is 30.5 Å². The predicted molar refractivity (Wildman–Crippen MR) is 82.7 cm³/mol. The third-order valence-corrected chi connectivity index (χ3v) is 4.20. The minimum atomic E-state index is 0.0238. The predicted octanol–water partition coefficient (Wildman–Crippen LogP) is 3.95. The molecule has 0 aliphatic rings. The second kappa shape index (κ2) is 8.59. The molecule has 0 heterocycles. The highest BCUT2D eigenvalue weighted by Crippen LogP contribution is 2.15. The van der Waals surface area contributed by atoms with Crippen LogP contribution in [0.1, 0.15) is 30.1 Å². The van der Waals surface area contributed by atoms with Crippen LogP contribution in [0.4, 0.5) is 0 Å². The molecule has 18 heavy (non-hydrogen) atoms. The Hall–Kier alpha value is -0.480. The SMILES string of the molecule is CCC(CCBr)CNC(=O)c1ccc(SC)cc1. The van der Waals surface area contributed by atoms with Crippen LogP contribution in [-0.2, 0) is 0 Å². The standard InChI is InChI=1S/C14H20BrNOS/c1-3-11(8-9-15)10-16-14(17)12-4-6-13(18-2)7-5-12/h4-7,11H,3,8-10H2,1-2H3,(H,16,17). The molecule has 0 bridgehead atoms. The van der Waals surface area contributed by atoms with Crippen LogP contribution < -0.4 is 5.32 Å². The van der Waals surface area contributed by atoms with E-state index in [1.165, 1.54) is 4.90 Å². The highest BCUT2D eigenvalue weighted by molar-refractivity contribution is 9.09. The topological polar surface area (TPSA) is 29.1 Å². The van der Waals surface area contributed by atoms with Gasteiger partial charge in [-0.1, -0.05) is 29.3 Å². The first-order valence-corrected chi connectivity index (χ1v) is 8.54. The molecule has 0 radical (unpaired) electrons. The van der Waals surface area contributed by atoms with Crippen LogP contribution in [0, 0.1) is 5.92 Å². The summed E-state index contributed by atoms with van der Waals surface area (Å²) in [6, 6.07) is 7.73. The third-order valence-electron chi connectivity index (χ3n) is 3.00. The number of nitrogens with one attached hydrogen (secondary N) is 1. The number of thioether (sulfide) groups is 1. The van der Waals surface area contributed by atoms with Crippen LogP contribution in [0.15, 0.2) is 29.2 Å². The molecular formula is C14H20BrNOS. The summed E-state index contributed by atoms with van der Waals surface area (Å²) in [5, 5.41) is 4.00. The fourth-order valence-corrected chi connectivity index (χ4v) is 2.74. The average Bonchev–Trinajstić information content (AvgIpc) is 2.43. The van der Waals surface area contributed by atoms with Gasteiger partial charge in [-0.15, -0.1) is 11.8 Å². The lowest BCUT2D eigenvalue weighted by atomic mass is 10.0. The molecule has 2 nitrogen and oxygen atoms in total. The molecule has 1 N–H and O–H groups in total. The van der Waals surface area contributed by atoms with E-state index in [-0.39, 0.29) is 5.91 Å². The zero-order valence-electron chi connectivity index (χ0n) is 10.9. The number of alkyl halides is 1. The number of rotatable bonds is 7. The van der Waals surface area contributed by atoms with Gasteiger partial charge in [0, 0.05) is 22.3 Å². The Labute approximate surface area is 122 Å². The number of halogens is 1. The summed E-state index contributed by atoms with van der Waals surface area (Å²) in [6.45, 7) is 2.91. The minimum absolute atomic E-state index is 0.0238. The Balaban J connectivity index is 2.48. The molecule has 0 aromatic heterocycles. The van der Waals surface area contributed by atoms with Crippen molar-refractivity contribution in [2.24, 2.45) is 5.92 Å². The van der Waals surface area contributed by atoms with E-state index in [0.29, 0.717) is 5.92 Å². The highest BCUT2D eigenvalue weighted by Gasteiger charge is 2.09. The Morgan fingerprint density at radius 1 is 1.39 bits per heavy atom. The van der Waals surface area contributed by atoms with Crippen LogP contribution in [0.25, 0.3) is 0 Å². The molecule has 1 aromatic rings. The van der Waals surface area contributed by atoms with Gasteiger partial charge in [0.05, 0.1) is 0 Å². The van der Waals surface area contributed by atoms with Crippen molar-refractivity contribution in [3.8, 4) is 0 Å². The van der Waals surface area contributed by atoms with E-state index in [1.54, 1.807) is 11.8 Å². The molecule has 0 aliphatic heterocycles. The molecule has 100 valence electrons. The number of carbonyl (C=O) groups is 1. The molecule has 1 rings (SSSR count). The maximum absolute atomic E-state index is 11.9. The number of benzene rings is 1. The number of amides is 1. The van der Waals surface area contributed by atoms with Gasteiger partial charge in [0.15, 0.2) is 0 Å². The van der Waals surface area contributed by atoms with Crippen molar-refractivity contribution in [3.05, 3.63) is 29.8 Å². The zero-order valence-corrected chi connectivity index (χ0v) is 13.3. The molecule has 0 fully saturated rings. The summed E-state index contributed by atoms with van der Waals surface area (Å²) in [7, 11) is 0. The molecule has 1 atom stereocenters. The molecule has 0 spiro atoms. The second-order valence-corrected chi connectivity index (χ2v) is 5.86. The van der Waals surface area contributed by atoms with Gasteiger partial charge >= 0.3 is 0 Å². The smallest absolute Gasteiger partial charge is 0.251 e. The summed E-state index contributed by atoms with van der Waals surface area (Å²) in [5.41, 5.74) is 0.737. The Morgan fingerprint density at radius 2 is 2.06 bits per heavy atom. The monoisotopic (exact) mass is 329 g/mol. The Morgan fingerprint density at radius 3 is 2.56 bits per heavy atom. The largest absolute Gasteiger partial charge is 0.352 e. The fraction of sp³-hybridized carbons (Fsp3) is 0.500. The van der Waals surface area contributed by atoms with E-state index < -0.39 is 0 Å². The highest BCUT2D eigenvalue weighted by atomic mass is 79.9. The van der Waals surface area contributed by atoms with Gasteiger partial charge < -0.3 is 5.32 Å². The number of hydrogen-bond donors (Lipinski definition) is 1. The van der Waals surface area contributed by atoms with Crippen LogP contribution in [0.3, 0.4) is 0 Å². The zero-order chi connectivity index (χ0) is 13.4. The van der Waals surface area contributed by atoms with Gasteiger partial charge in [0.1, 0.15) is 0 Å². The lowest BCUT2D eigenvalue weighted by Gasteiger charge is -2.14. The fourth-order valence-electron chi connectivity index (χ4n) is 1.69. The first-order chi connectivity index (χ1) is 8.71. The van der Waals surface area contributed by atoms with Crippen molar-refractivity contribution in [1.82, 2.24) is 5.32 Å². The van der Waals surface area contributed by atoms with Crippen LogP contribution in [-0.4, -0.2) is 24.0 Å². The molecule has 0 aliphatic carbocycles. The number of carbonyl (C=O) groups excluding carboxylic acids is 1. The van der Waals surface area contributed by atoms with Crippen LogP contribution in [0.5, 0.6) is 0 Å². The molecule has 0 saturated carbocycles. The molecule has 1 unspecified atom stereocenters. The van der Waals surface area contributed by atoms with Gasteiger partial charge in [-0.2, -0.15) is 0 Å². The van der Waals surface area contributed by atoms with Crippen molar-refractivity contribution >= 4 is 33.6 Å². The summed E-state index contributed by atoms with van der Waals surface area (Å²) < 4.78 is 0. The van der Waals surface area contributed by atoms with E-state index >= 15 is 0 Å². The maximum atomic E-state index is 11.9. The van der Waals surface area contributed by atoms with Crippen molar-refractivity contribution < 1.29 is 4.79 Å². The van der Waals surface area contributed by atoms with Gasteiger partial charge in [-0.3, -0.25) is 4.79 Å². The first-order valence-electron chi connectivity index (χ1n) is 6.19. The third kappa shape index (κ3) is 5.02. The van der Waals surface area contributed by atoms with Crippen molar-refractivity contribution in [1.29, 1.82) is 0 Å². The molecule has 0 saturated heterocycles. The van der Waals surface area contributed by atoms with E-state index in [2.05, 4.69) is 28.2 Å². The van der Waals surface area contributed by atoms with Crippen molar-refractivity contribution in [2.45, 2.75) is 24.7 Å². The summed E-state index contributed by atoms with van der Waals surface area (Å²) in [4.78, 5) is 13.1. The van der Waals surface area contributed by atoms with Gasteiger partial charge in [0.2, 0.25) is 0 Å². The second-order valence-electron chi connectivity index (χ2n) is 4.19. The summed E-state index contributed by atoms with van der Waals surface area (Å²) >= 11 is 5.12. The van der Waals surface area contributed by atoms with Crippen LogP contribution in [0.2, 0.25) is 0 Å². The Bertz CT molecular complexity index is 367. The van der Waals surface area contributed by atoms with E-state index in [0.717, 1.165) is 30.3 Å². The van der Waals surface area contributed by atoms with Crippen LogP contribution >= 0.6 is 27.7 Å². The quantitative estimate of drug-likeness (QED) is 0.606. The molecule has 1 aromatic carbocycles. The van der Waals surface area contributed by atoms with E-state index in [9.17, 15) is 4.79 Å². The Kier molecular flexibility index (Phi) is 7.44. The molecule has 4 heteroatoms. The molecule has 1 amide bonds. The van der Waals surface area contributed by atoms with Crippen molar-refractivity contribution in [2.75, 3.05) is 18.1 Å². The van der Waals surface area contributed by atoms with Gasteiger partial charge in [-0.25, -0.2) is 0 Å². The summed E-state index contributed by atoms with van der Waals surface area (Å²) in [5.74, 6) is 0.578. The lowest BCUT2D eigenvalue weighted by Crippen LogP contribution is -2.29. The van der Waals surface area contributed by atoms with Crippen molar-refractivity contribution in [3.63, 3.8) is 0 Å². The van der Waals surface area contributed by atoms with E-state index in [4.69, 9.17) is 0 Å². The summed E-state index contributed by atoms with van der Waals surface area (Å²) in [6.07, 6.45) is 4.22. The van der Waals surface area contributed by atoms with Gasteiger partial charge in [-0.05, 0) is 42.9 Å².